The summed E-state index contributed by atoms with van der Waals surface area (Å²) in [7, 11) is -2.84. The molecule has 3 aromatic rings. The molecule has 0 saturated heterocycles. The fourth-order valence-electron chi connectivity index (χ4n) is 4.17. The molecule has 1 aromatic heterocycles. The monoisotopic (exact) mass is 454 g/mol. The molecule has 32 heavy (non-hydrogen) atoms. The second-order valence-electron chi connectivity index (χ2n) is 8.05. The summed E-state index contributed by atoms with van der Waals surface area (Å²) in [6.45, 7) is 5.34. The van der Waals surface area contributed by atoms with Gasteiger partial charge in [0.1, 0.15) is 5.82 Å². The van der Waals surface area contributed by atoms with Crippen LogP contribution in [0, 0.1) is 0 Å². The molecule has 2 N–H and O–H groups in total. The van der Waals surface area contributed by atoms with E-state index in [1.165, 1.54) is 5.56 Å². The second-order valence-corrected chi connectivity index (χ2v) is 10.2. The number of hydrogen-bond donors (Lipinski definition) is 2. The minimum absolute atomic E-state index is 0.205. The quantitative estimate of drug-likeness (QED) is 0.484. The number of benzene rings is 2. The zero-order chi connectivity index (χ0) is 22.7. The van der Waals surface area contributed by atoms with Crippen LogP contribution in [0.25, 0.3) is 10.9 Å². The van der Waals surface area contributed by atoms with Crippen molar-refractivity contribution in [3.05, 3.63) is 65.2 Å². The number of pyridine rings is 1. The average Bonchev–Trinajstić information content (AvgIpc) is 2.93. The lowest BCUT2D eigenvalue weighted by atomic mass is 10.0. The first-order valence-electron chi connectivity index (χ1n) is 11.1. The van der Waals surface area contributed by atoms with Crippen molar-refractivity contribution in [2.24, 2.45) is 0 Å². The van der Waals surface area contributed by atoms with E-state index in [1.807, 2.05) is 37.3 Å². The Morgan fingerprint density at radius 3 is 2.75 bits per heavy atom. The SMILES string of the molecule is CCOC(=O)CCc1cc(N2CCS(O)(O)c3ccccc3C2)nc2ccc(CC)cc12. The van der Waals surface area contributed by atoms with Crippen LogP contribution >= 0.6 is 10.6 Å². The number of aromatic nitrogens is 1. The molecule has 6 nitrogen and oxygen atoms in total. The highest BCUT2D eigenvalue weighted by Gasteiger charge is 2.26. The van der Waals surface area contributed by atoms with Gasteiger partial charge in [-0.2, -0.15) is 10.6 Å². The van der Waals surface area contributed by atoms with Gasteiger partial charge in [-0.3, -0.25) is 13.9 Å². The molecule has 0 fully saturated rings. The van der Waals surface area contributed by atoms with E-state index in [4.69, 9.17) is 9.72 Å². The molecule has 4 rings (SSSR count). The number of nitrogens with zero attached hydrogens (tertiary/aromatic N) is 2. The summed E-state index contributed by atoms with van der Waals surface area (Å²) in [5.41, 5.74) is 4.06. The topological polar surface area (TPSA) is 82.9 Å². The molecule has 2 aromatic carbocycles. The maximum absolute atomic E-state index is 12.0. The van der Waals surface area contributed by atoms with Crippen molar-refractivity contribution in [1.29, 1.82) is 0 Å². The molecule has 2 heterocycles. The highest BCUT2D eigenvalue weighted by Crippen LogP contribution is 2.51. The summed E-state index contributed by atoms with van der Waals surface area (Å²) >= 11 is 0. The second kappa shape index (κ2) is 9.48. The Balaban J connectivity index is 1.73. The third kappa shape index (κ3) is 4.75. The lowest BCUT2D eigenvalue weighted by Gasteiger charge is -2.32. The van der Waals surface area contributed by atoms with Crippen LogP contribution in [0.1, 0.15) is 37.0 Å². The molecule has 170 valence electrons. The zero-order valence-corrected chi connectivity index (χ0v) is 19.4. The minimum atomic E-state index is -2.84. The highest BCUT2D eigenvalue weighted by molar-refractivity contribution is 8.24. The van der Waals surface area contributed by atoms with Gasteiger partial charge in [0, 0.05) is 24.9 Å². The minimum Gasteiger partial charge on any atom is -0.466 e. The number of ether oxygens (including phenoxy) is 1. The van der Waals surface area contributed by atoms with Crippen molar-refractivity contribution in [2.45, 2.75) is 44.6 Å². The molecule has 0 saturated carbocycles. The standard InChI is InChI=1S/C25H30N2O4S/c1-3-18-9-11-22-21(15-18)19(10-12-25(28)31-4-2)16-24(26-22)27-13-14-32(29,30)23-8-6-5-7-20(23)17-27/h5-9,11,15-16,29-30H,3-4,10,12-14,17H2,1-2H3. The molecule has 0 amide bonds. The first-order chi connectivity index (χ1) is 15.4. The number of esters is 1. The van der Waals surface area contributed by atoms with E-state index >= 15 is 0 Å². The Labute approximate surface area is 190 Å². The molecule has 7 heteroatoms. The summed E-state index contributed by atoms with van der Waals surface area (Å²) in [5.74, 6) is 0.840. The van der Waals surface area contributed by atoms with Gasteiger partial charge in [0.15, 0.2) is 0 Å². The van der Waals surface area contributed by atoms with Crippen LogP contribution in [0.4, 0.5) is 5.82 Å². The fraction of sp³-hybridized carbons (Fsp3) is 0.360. The van der Waals surface area contributed by atoms with Crippen LogP contribution in [0.5, 0.6) is 0 Å². The van der Waals surface area contributed by atoms with Crippen LogP contribution in [0.2, 0.25) is 0 Å². The number of anilines is 1. The molecule has 0 aliphatic carbocycles. The zero-order valence-electron chi connectivity index (χ0n) is 18.6. The van der Waals surface area contributed by atoms with E-state index in [0.29, 0.717) is 37.4 Å². The van der Waals surface area contributed by atoms with Crippen LogP contribution in [-0.4, -0.2) is 39.0 Å². The van der Waals surface area contributed by atoms with E-state index in [9.17, 15) is 13.9 Å². The summed E-state index contributed by atoms with van der Waals surface area (Å²) in [5, 5.41) is 1.05. The largest absolute Gasteiger partial charge is 0.466 e. The van der Waals surface area contributed by atoms with E-state index in [-0.39, 0.29) is 11.7 Å². The van der Waals surface area contributed by atoms with E-state index in [0.717, 1.165) is 34.3 Å². The Morgan fingerprint density at radius 2 is 1.97 bits per heavy atom. The van der Waals surface area contributed by atoms with Crippen LogP contribution in [0.15, 0.2) is 53.4 Å². The Morgan fingerprint density at radius 1 is 1.16 bits per heavy atom. The maximum Gasteiger partial charge on any atom is 0.306 e. The summed E-state index contributed by atoms with van der Waals surface area (Å²) in [6, 6.07) is 15.8. The van der Waals surface area contributed by atoms with Crippen LogP contribution in [0.3, 0.4) is 0 Å². The van der Waals surface area contributed by atoms with Gasteiger partial charge in [-0.05, 0) is 60.7 Å². The fourth-order valence-corrected chi connectivity index (χ4v) is 5.71. The van der Waals surface area contributed by atoms with Gasteiger partial charge in [-0.25, -0.2) is 4.98 Å². The molecule has 1 aliphatic heterocycles. The number of rotatable bonds is 6. The lowest BCUT2D eigenvalue weighted by molar-refractivity contribution is -0.143. The smallest absolute Gasteiger partial charge is 0.306 e. The summed E-state index contributed by atoms with van der Waals surface area (Å²) in [4.78, 5) is 19.7. The van der Waals surface area contributed by atoms with E-state index in [2.05, 4.69) is 24.0 Å². The van der Waals surface area contributed by atoms with Gasteiger partial charge in [0.05, 0.1) is 22.8 Å². The van der Waals surface area contributed by atoms with E-state index < -0.39 is 10.6 Å². The van der Waals surface area contributed by atoms with Crippen molar-refractivity contribution in [3.8, 4) is 0 Å². The normalized spacial score (nSPS) is 16.3. The summed E-state index contributed by atoms with van der Waals surface area (Å²) < 4.78 is 26.5. The van der Waals surface area contributed by atoms with Crippen molar-refractivity contribution < 1.29 is 18.6 Å². The van der Waals surface area contributed by atoms with Crippen molar-refractivity contribution in [3.63, 3.8) is 0 Å². The van der Waals surface area contributed by atoms with Crippen molar-refractivity contribution >= 4 is 33.3 Å². The molecular formula is C25H30N2O4S. The number of aryl methyl sites for hydroxylation is 2. The molecule has 0 spiro atoms. The van der Waals surface area contributed by atoms with Gasteiger partial charge >= 0.3 is 5.97 Å². The maximum atomic E-state index is 12.0. The molecule has 1 aliphatic rings. The van der Waals surface area contributed by atoms with Gasteiger partial charge in [-0.15, -0.1) is 0 Å². The van der Waals surface area contributed by atoms with Crippen molar-refractivity contribution in [2.75, 3.05) is 23.8 Å². The molecule has 0 atom stereocenters. The molecule has 0 bridgehead atoms. The Bertz CT molecular complexity index is 1130. The lowest BCUT2D eigenvalue weighted by Crippen LogP contribution is -2.26. The molecule has 0 radical (unpaired) electrons. The van der Waals surface area contributed by atoms with Gasteiger partial charge in [0.25, 0.3) is 0 Å². The third-order valence-electron chi connectivity index (χ3n) is 5.91. The molecule has 0 unspecified atom stereocenters. The number of carbonyl (C=O) groups is 1. The van der Waals surface area contributed by atoms with Crippen LogP contribution in [-0.2, 0) is 28.9 Å². The summed E-state index contributed by atoms with van der Waals surface area (Å²) in [6.07, 6.45) is 1.81. The average molecular weight is 455 g/mol. The highest BCUT2D eigenvalue weighted by atomic mass is 32.3. The first-order valence-corrected chi connectivity index (χ1v) is 12.8. The van der Waals surface area contributed by atoms with Gasteiger partial charge < -0.3 is 9.64 Å². The Hall–Kier alpha value is -2.61. The van der Waals surface area contributed by atoms with Crippen LogP contribution < -0.4 is 4.90 Å². The van der Waals surface area contributed by atoms with Crippen molar-refractivity contribution in [1.82, 2.24) is 4.98 Å². The third-order valence-corrected chi connectivity index (χ3v) is 7.77. The first kappa shape index (κ1) is 22.6. The predicted molar refractivity (Wildman–Crippen MR) is 130 cm³/mol. The Kier molecular flexibility index (Phi) is 6.69. The number of carbonyl (C=O) groups excluding carboxylic acids is 1. The number of hydrogen-bond acceptors (Lipinski definition) is 6. The predicted octanol–water partition coefficient (Wildman–Crippen LogP) is 5.42. The van der Waals surface area contributed by atoms with Gasteiger partial charge in [0.2, 0.25) is 0 Å². The number of fused-ring (bicyclic) bond motifs is 2. The van der Waals surface area contributed by atoms with E-state index in [1.54, 1.807) is 6.07 Å². The van der Waals surface area contributed by atoms with Gasteiger partial charge in [-0.1, -0.05) is 31.2 Å². The molecular weight excluding hydrogens is 424 g/mol.